The first-order chi connectivity index (χ1) is 9.36. The molecule has 104 valence electrons. The molecule has 0 radical (unpaired) electrons. The Labute approximate surface area is 109 Å². The zero-order chi connectivity index (χ0) is 14.5. The maximum absolute atomic E-state index is 12.5. The third-order valence-electron chi connectivity index (χ3n) is 2.66. The molecule has 0 amide bonds. The summed E-state index contributed by atoms with van der Waals surface area (Å²) in [6, 6.07) is 1.54. The minimum absolute atomic E-state index is 0.212. The van der Waals surface area contributed by atoms with Crippen LogP contribution in [-0.4, -0.2) is 20.3 Å². The van der Waals surface area contributed by atoms with Crippen LogP contribution < -0.4 is 0 Å². The van der Waals surface area contributed by atoms with Crippen molar-refractivity contribution in [3.05, 3.63) is 23.3 Å². The van der Waals surface area contributed by atoms with Crippen molar-refractivity contribution >= 4 is 11.1 Å². The van der Waals surface area contributed by atoms with E-state index in [2.05, 4.69) is 24.8 Å². The van der Waals surface area contributed by atoms with E-state index in [-0.39, 0.29) is 11.6 Å². The van der Waals surface area contributed by atoms with E-state index >= 15 is 0 Å². The van der Waals surface area contributed by atoms with Gasteiger partial charge >= 0.3 is 6.18 Å². The lowest BCUT2D eigenvalue weighted by Gasteiger charge is -1.99. The van der Waals surface area contributed by atoms with Crippen LogP contribution in [0, 0.1) is 13.8 Å². The van der Waals surface area contributed by atoms with Gasteiger partial charge in [-0.2, -0.15) is 18.2 Å². The fourth-order valence-corrected chi connectivity index (χ4v) is 1.83. The van der Waals surface area contributed by atoms with Crippen LogP contribution in [0.2, 0.25) is 0 Å². The minimum atomic E-state index is -4.66. The van der Waals surface area contributed by atoms with E-state index in [9.17, 15) is 13.2 Å². The number of rotatable bonds is 1. The van der Waals surface area contributed by atoms with E-state index in [0.717, 1.165) is 0 Å². The Morgan fingerprint density at radius 3 is 2.45 bits per heavy atom. The summed E-state index contributed by atoms with van der Waals surface area (Å²) >= 11 is 0. The molecule has 0 saturated heterocycles. The zero-order valence-electron chi connectivity index (χ0n) is 10.3. The third-order valence-corrected chi connectivity index (χ3v) is 2.66. The Morgan fingerprint density at radius 1 is 1.05 bits per heavy atom. The number of hydrogen-bond donors (Lipinski definition) is 0. The summed E-state index contributed by atoms with van der Waals surface area (Å²) in [5.74, 6) is -1.58. The molecule has 0 spiro atoms. The van der Waals surface area contributed by atoms with Gasteiger partial charge in [0.1, 0.15) is 0 Å². The first kappa shape index (κ1) is 12.6. The van der Waals surface area contributed by atoms with Crippen molar-refractivity contribution in [2.75, 3.05) is 0 Å². The van der Waals surface area contributed by atoms with Crippen LogP contribution >= 0.6 is 0 Å². The Kier molecular flexibility index (Phi) is 2.53. The van der Waals surface area contributed by atoms with E-state index in [0.29, 0.717) is 22.3 Å². The number of halogens is 3. The molecule has 0 aliphatic carbocycles. The molecule has 9 heteroatoms. The number of aromatic nitrogens is 4. The number of aryl methyl sites for hydroxylation is 2. The van der Waals surface area contributed by atoms with Crippen molar-refractivity contribution < 1.29 is 22.2 Å². The maximum Gasteiger partial charge on any atom is 0.455 e. The van der Waals surface area contributed by atoms with Crippen molar-refractivity contribution in [1.29, 1.82) is 0 Å². The molecule has 3 heterocycles. The Balaban J connectivity index is 2.24. The first-order valence-corrected chi connectivity index (χ1v) is 5.51. The molecule has 3 aromatic heterocycles. The van der Waals surface area contributed by atoms with E-state index in [1.165, 1.54) is 0 Å². The summed E-state index contributed by atoms with van der Waals surface area (Å²) in [5, 5.41) is 7.11. The summed E-state index contributed by atoms with van der Waals surface area (Å²) in [7, 11) is 0. The molecule has 20 heavy (non-hydrogen) atoms. The SMILES string of the molecule is Cc1cc(-c2nc(C(F)(F)F)no2)c2c(C)noc2n1. The van der Waals surface area contributed by atoms with Crippen molar-refractivity contribution in [2.24, 2.45) is 0 Å². The molecule has 0 N–H and O–H groups in total. The van der Waals surface area contributed by atoms with Gasteiger partial charge in [0.05, 0.1) is 16.6 Å². The quantitative estimate of drug-likeness (QED) is 0.683. The second-order valence-electron chi connectivity index (χ2n) is 4.18. The van der Waals surface area contributed by atoms with Gasteiger partial charge in [0.25, 0.3) is 17.4 Å². The predicted molar refractivity (Wildman–Crippen MR) is 59.6 cm³/mol. The molecule has 0 fully saturated rings. The summed E-state index contributed by atoms with van der Waals surface area (Å²) in [6.45, 7) is 3.31. The van der Waals surface area contributed by atoms with Crippen LogP contribution in [0.3, 0.4) is 0 Å². The normalized spacial score (nSPS) is 12.2. The number of alkyl halides is 3. The number of pyridine rings is 1. The molecule has 0 aliphatic rings. The third kappa shape index (κ3) is 1.91. The highest BCUT2D eigenvalue weighted by Crippen LogP contribution is 2.32. The molecule has 0 bridgehead atoms. The van der Waals surface area contributed by atoms with Crippen molar-refractivity contribution in [3.8, 4) is 11.5 Å². The molecule has 6 nitrogen and oxygen atoms in total. The lowest BCUT2D eigenvalue weighted by molar-refractivity contribution is -0.146. The van der Waals surface area contributed by atoms with Gasteiger partial charge in [0.2, 0.25) is 0 Å². The average molecular weight is 284 g/mol. The molecule has 0 aromatic carbocycles. The zero-order valence-corrected chi connectivity index (χ0v) is 10.3. The number of nitrogens with zero attached hydrogens (tertiary/aromatic N) is 4. The van der Waals surface area contributed by atoms with Gasteiger partial charge in [-0.15, -0.1) is 0 Å². The van der Waals surface area contributed by atoms with Gasteiger partial charge in [-0.05, 0) is 19.9 Å². The van der Waals surface area contributed by atoms with Gasteiger partial charge in [0.15, 0.2) is 0 Å². The highest BCUT2D eigenvalue weighted by atomic mass is 19.4. The molecule has 0 saturated carbocycles. The average Bonchev–Trinajstić information content (AvgIpc) is 2.95. The molecule has 3 aromatic rings. The first-order valence-electron chi connectivity index (χ1n) is 5.51. The second kappa shape index (κ2) is 4.02. The second-order valence-corrected chi connectivity index (χ2v) is 4.18. The molecular formula is C11H7F3N4O2. The van der Waals surface area contributed by atoms with E-state index in [1.54, 1.807) is 19.9 Å². The fourth-order valence-electron chi connectivity index (χ4n) is 1.83. The van der Waals surface area contributed by atoms with E-state index < -0.39 is 12.0 Å². The van der Waals surface area contributed by atoms with Crippen molar-refractivity contribution in [3.63, 3.8) is 0 Å². The largest absolute Gasteiger partial charge is 0.455 e. The van der Waals surface area contributed by atoms with Gasteiger partial charge in [-0.3, -0.25) is 0 Å². The number of fused-ring (bicyclic) bond motifs is 1. The van der Waals surface area contributed by atoms with Crippen LogP contribution in [0.4, 0.5) is 13.2 Å². The van der Waals surface area contributed by atoms with E-state index in [1.807, 2.05) is 0 Å². The van der Waals surface area contributed by atoms with Gasteiger partial charge in [-0.25, -0.2) is 4.98 Å². The minimum Gasteiger partial charge on any atom is -0.336 e. The Morgan fingerprint density at radius 2 is 1.80 bits per heavy atom. The molecule has 0 aliphatic heterocycles. The van der Waals surface area contributed by atoms with Crippen LogP contribution in [0.5, 0.6) is 0 Å². The Hall–Kier alpha value is -2.45. The summed E-state index contributed by atoms with van der Waals surface area (Å²) in [4.78, 5) is 7.46. The molecule has 0 atom stereocenters. The molecular weight excluding hydrogens is 277 g/mol. The van der Waals surface area contributed by atoms with Gasteiger partial charge < -0.3 is 9.05 Å². The lowest BCUT2D eigenvalue weighted by Crippen LogP contribution is -2.07. The highest BCUT2D eigenvalue weighted by Gasteiger charge is 2.37. The fraction of sp³-hybridized carbons (Fsp3) is 0.273. The smallest absolute Gasteiger partial charge is 0.336 e. The van der Waals surface area contributed by atoms with Crippen LogP contribution in [0.1, 0.15) is 17.2 Å². The maximum atomic E-state index is 12.5. The summed E-state index contributed by atoms with van der Waals surface area (Å²) < 4.78 is 47.2. The standard InChI is InChI=1S/C11H7F3N4O2/c1-4-3-6(7-5(2)17-20-9(7)15-4)8-16-10(18-19-8)11(12,13)14/h3H,1-2H3. The Bertz CT molecular complexity index is 791. The predicted octanol–water partition coefficient (Wildman–Crippen LogP) is 2.91. The van der Waals surface area contributed by atoms with Gasteiger partial charge in [-0.1, -0.05) is 10.3 Å². The van der Waals surface area contributed by atoms with Crippen LogP contribution in [0.25, 0.3) is 22.6 Å². The van der Waals surface area contributed by atoms with Gasteiger partial charge in [0, 0.05) is 5.69 Å². The van der Waals surface area contributed by atoms with Crippen LogP contribution in [-0.2, 0) is 6.18 Å². The molecule has 0 unspecified atom stereocenters. The van der Waals surface area contributed by atoms with E-state index in [4.69, 9.17) is 4.52 Å². The summed E-state index contributed by atoms with van der Waals surface area (Å²) in [5.41, 5.74) is 1.54. The van der Waals surface area contributed by atoms with Crippen molar-refractivity contribution in [2.45, 2.75) is 20.0 Å². The highest BCUT2D eigenvalue weighted by molar-refractivity contribution is 5.91. The number of hydrogen-bond acceptors (Lipinski definition) is 6. The lowest BCUT2D eigenvalue weighted by atomic mass is 10.1. The molecule has 3 rings (SSSR count). The monoisotopic (exact) mass is 284 g/mol. The topological polar surface area (TPSA) is 77.8 Å². The van der Waals surface area contributed by atoms with Crippen LogP contribution in [0.15, 0.2) is 15.1 Å². The summed E-state index contributed by atoms with van der Waals surface area (Å²) in [6.07, 6.45) is -4.66. The van der Waals surface area contributed by atoms with Crippen molar-refractivity contribution in [1.82, 2.24) is 20.3 Å².